The smallest absolute Gasteiger partial charge is 0.410 e. The number of amides is 3. The zero-order valence-electron chi connectivity index (χ0n) is 33.4. The van der Waals surface area contributed by atoms with Gasteiger partial charge in [-0.15, -0.1) is 10.2 Å². The number of nitrogens with zero attached hydrogens (tertiary/aromatic N) is 8. The maximum Gasteiger partial charge on any atom is 0.410 e. The molecule has 0 aliphatic carbocycles. The van der Waals surface area contributed by atoms with Crippen molar-refractivity contribution >= 4 is 24.1 Å². The third-order valence-corrected chi connectivity index (χ3v) is 8.64. The van der Waals surface area contributed by atoms with Crippen LogP contribution in [-0.4, -0.2) is 115 Å². The lowest BCUT2D eigenvalue weighted by atomic mass is 10.0. The quantitative estimate of drug-likeness (QED) is 0.125. The molecule has 0 bridgehead atoms. The number of nitrogens with one attached hydrogen (secondary N) is 1. The van der Waals surface area contributed by atoms with Crippen LogP contribution in [0, 0.1) is 5.92 Å². The number of piperazine rings is 1. The number of methoxy groups -OCH3 is 1. The fraction of sp³-hybridized carbons (Fsp3) is 0.632. The highest BCUT2D eigenvalue weighted by atomic mass is 16.6. The van der Waals surface area contributed by atoms with Gasteiger partial charge in [0.15, 0.2) is 6.04 Å². The Balaban J connectivity index is 1.57. The Hall–Kier alpha value is -5.02. The zero-order valence-corrected chi connectivity index (χ0v) is 33.4. The Morgan fingerprint density at radius 3 is 1.89 bits per heavy atom. The molecule has 54 heavy (non-hydrogen) atoms. The molecule has 1 aliphatic heterocycles. The van der Waals surface area contributed by atoms with E-state index in [0.717, 1.165) is 6.42 Å². The molecule has 1 fully saturated rings. The minimum absolute atomic E-state index is 0.125. The first-order chi connectivity index (χ1) is 25.3. The van der Waals surface area contributed by atoms with Crippen molar-refractivity contribution in [3.8, 4) is 22.5 Å². The van der Waals surface area contributed by atoms with E-state index in [4.69, 9.17) is 14.2 Å². The van der Waals surface area contributed by atoms with Crippen LogP contribution in [0.4, 0.5) is 9.59 Å². The summed E-state index contributed by atoms with van der Waals surface area (Å²) in [5, 5.41) is 20.3. The van der Waals surface area contributed by atoms with E-state index in [9.17, 15) is 19.2 Å². The van der Waals surface area contributed by atoms with E-state index in [0.29, 0.717) is 86.0 Å². The van der Waals surface area contributed by atoms with Crippen molar-refractivity contribution in [3.05, 3.63) is 36.2 Å². The van der Waals surface area contributed by atoms with Crippen LogP contribution in [0.1, 0.15) is 110 Å². The molecule has 1 N–H and O–H groups in total. The molecule has 3 heterocycles. The van der Waals surface area contributed by atoms with E-state index < -0.39 is 35.4 Å². The van der Waals surface area contributed by atoms with Gasteiger partial charge in [-0.1, -0.05) is 24.3 Å². The second-order valence-electron chi connectivity index (χ2n) is 16.2. The molecule has 2 aromatic heterocycles. The Bertz CT molecular complexity index is 1750. The van der Waals surface area contributed by atoms with Gasteiger partial charge in [-0.2, -0.15) is 0 Å². The third kappa shape index (κ3) is 12.0. The molecule has 0 unspecified atom stereocenters. The largest absolute Gasteiger partial charge is 0.467 e. The summed E-state index contributed by atoms with van der Waals surface area (Å²) < 4.78 is 19.2. The van der Waals surface area contributed by atoms with Crippen LogP contribution in [0.3, 0.4) is 0 Å². The summed E-state index contributed by atoms with van der Waals surface area (Å²) in [6, 6.07) is 4.79. The van der Waals surface area contributed by atoms with Crippen LogP contribution in [0.5, 0.6) is 0 Å². The second-order valence-corrected chi connectivity index (χ2v) is 16.2. The van der Waals surface area contributed by atoms with E-state index in [1.54, 1.807) is 48.9 Å². The number of carbonyl (C=O) groups is 4. The third-order valence-electron chi connectivity index (χ3n) is 8.64. The number of unbranched alkanes of at least 4 members (excludes halogenated alkanes) is 1. The minimum atomic E-state index is -0.759. The van der Waals surface area contributed by atoms with Crippen molar-refractivity contribution in [2.45, 2.75) is 111 Å². The lowest BCUT2D eigenvalue weighted by molar-refractivity contribution is -0.145. The minimum Gasteiger partial charge on any atom is -0.467 e. The van der Waals surface area contributed by atoms with Gasteiger partial charge in [0.05, 0.1) is 25.5 Å². The summed E-state index contributed by atoms with van der Waals surface area (Å²) >= 11 is 0. The number of alkyl carbamates (subject to hydrolysis) is 1. The van der Waals surface area contributed by atoms with Gasteiger partial charge >= 0.3 is 18.2 Å². The first kappa shape index (κ1) is 41.7. The molecule has 16 nitrogen and oxygen atoms in total. The number of benzene rings is 1. The average molecular weight is 752 g/mol. The number of carbonyl (C=O) groups excluding carboxylic acids is 4. The lowest BCUT2D eigenvalue weighted by Gasteiger charge is -2.35. The van der Waals surface area contributed by atoms with E-state index in [2.05, 4.69) is 46.7 Å². The zero-order chi connectivity index (χ0) is 39.8. The molecule has 0 radical (unpaired) electrons. The van der Waals surface area contributed by atoms with Gasteiger partial charge in [0, 0.05) is 49.4 Å². The van der Waals surface area contributed by atoms with E-state index >= 15 is 0 Å². The topological polar surface area (TPSA) is 176 Å². The van der Waals surface area contributed by atoms with Crippen molar-refractivity contribution < 1.29 is 33.4 Å². The molecule has 296 valence electrons. The van der Waals surface area contributed by atoms with Crippen molar-refractivity contribution in [1.82, 2.24) is 45.1 Å². The first-order valence-electron chi connectivity index (χ1n) is 18.6. The molecule has 3 aromatic rings. The molecule has 1 aromatic carbocycles. The van der Waals surface area contributed by atoms with Crippen molar-refractivity contribution in [2.75, 3.05) is 39.8 Å². The summed E-state index contributed by atoms with van der Waals surface area (Å²) in [5.41, 5.74) is 1.51. The van der Waals surface area contributed by atoms with Gasteiger partial charge in [0.2, 0.25) is 0 Å². The molecule has 2 atom stereocenters. The molecule has 16 heteroatoms. The Labute approximate surface area is 317 Å². The lowest BCUT2D eigenvalue weighted by Crippen LogP contribution is -2.51. The molecule has 0 saturated carbocycles. The first-order valence-corrected chi connectivity index (χ1v) is 18.6. The highest BCUT2D eigenvalue weighted by Crippen LogP contribution is 2.29. The number of rotatable bonds is 13. The monoisotopic (exact) mass is 751 g/mol. The Morgan fingerprint density at radius 1 is 0.778 bits per heavy atom. The van der Waals surface area contributed by atoms with Gasteiger partial charge in [0.1, 0.15) is 22.6 Å². The van der Waals surface area contributed by atoms with Crippen LogP contribution in [0.15, 0.2) is 30.6 Å². The summed E-state index contributed by atoms with van der Waals surface area (Å²) in [6.45, 7) is 19.0. The number of hydrogen-bond donors (Lipinski definition) is 1. The van der Waals surface area contributed by atoms with Crippen molar-refractivity contribution in [1.29, 1.82) is 0 Å². The summed E-state index contributed by atoms with van der Waals surface area (Å²) in [5.74, 6) is -0.211. The van der Waals surface area contributed by atoms with Crippen molar-refractivity contribution in [3.63, 3.8) is 0 Å². The summed E-state index contributed by atoms with van der Waals surface area (Å²) in [4.78, 5) is 54.9. The maximum atomic E-state index is 14.0. The van der Waals surface area contributed by atoms with Gasteiger partial charge in [0.25, 0.3) is 5.91 Å². The normalized spacial score (nSPS) is 14.8. The Kier molecular flexibility index (Phi) is 13.8. The van der Waals surface area contributed by atoms with E-state index in [1.807, 2.05) is 37.7 Å². The Morgan fingerprint density at radius 2 is 1.33 bits per heavy atom. The van der Waals surface area contributed by atoms with E-state index in [-0.39, 0.29) is 11.9 Å². The highest BCUT2D eigenvalue weighted by Gasteiger charge is 2.29. The number of aromatic nitrogens is 6. The van der Waals surface area contributed by atoms with Crippen LogP contribution in [0.25, 0.3) is 22.5 Å². The molecular weight excluding hydrogens is 694 g/mol. The maximum absolute atomic E-state index is 14.0. The second kappa shape index (κ2) is 17.9. The SMILES string of the molecule is COC(=O)[C@H](CCCCNC(=O)OC(C)(C)C)n1cc(-c2cc(C(=O)N3CCN(C(=O)OC(C)(C)C)CC3)cc(-c3cn([C@H](C)CC(C)C)nn3)c2)nn1. The molecule has 3 amide bonds. The number of ether oxygens (including phenoxy) is 3. The fourth-order valence-electron chi connectivity index (χ4n) is 6.09. The molecule has 4 rings (SSSR count). The average Bonchev–Trinajstić information content (AvgIpc) is 3.79. The summed E-state index contributed by atoms with van der Waals surface area (Å²) in [6.07, 6.45) is 5.14. The molecular formula is C38H57N9O7. The fourth-order valence-corrected chi connectivity index (χ4v) is 6.09. The summed E-state index contributed by atoms with van der Waals surface area (Å²) in [7, 11) is 1.32. The molecule has 1 aliphatic rings. The highest BCUT2D eigenvalue weighted by molar-refractivity contribution is 5.97. The van der Waals surface area contributed by atoms with Gasteiger partial charge in [-0.25, -0.2) is 23.7 Å². The molecule has 0 spiro atoms. The number of hydrogen-bond acceptors (Lipinski definition) is 11. The predicted octanol–water partition coefficient (Wildman–Crippen LogP) is 5.91. The van der Waals surface area contributed by atoms with Crippen LogP contribution < -0.4 is 5.32 Å². The van der Waals surface area contributed by atoms with Gasteiger partial charge in [-0.05, 0) is 98.3 Å². The standard InChI is InChI=1S/C38H57N9O7/c1-25(2)19-26(3)46-23-30(40-42-46)27-20-28(22-29(21-27)33(48)44-15-17-45(18-16-44)36(51)54-38(7,8)9)31-24-47(43-41-31)32(34(49)52-10)13-11-12-14-39-35(50)53-37(4,5)6/h20-26,32H,11-19H2,1-10H3,(H,39,50)/t26-,32+/m1/s1. The van der Waals surface area contributed by atoms with Gasteiger partial charge < -0.3 is 29.3 Å². The predicted molar refractivity (Wildman–Crippen MR) is 201 cm³/mol. The molecule has 1 saturated heterocycles. The number of esters is 1. The van der Waals surface area contributed by atoms with Crippen LogP contribution in [-0.2, 0) is 19.0 Å². The van der Waals surface area contributed by atoms with Crippen molar-refractivity contribution in [2.24, 2.45) is 5.92 Å². The van der Waals surface area contributed by atoms with Gasteiger partial charge in [-0.3, -0.25) is 4.79 Å². The van der Waals surface area contributed by atoms with E-state index in [1.165, 1.54) is 11.8 Å². The van der Waals surface area contributed by atoms with Crippen LogP contribution >= 0.6 is 0 Å². The van der Waals surface area contributed by atoms with Crippen LogP contribution in [0.2, 0.25) is 0 Å².